The number of benzene rings is 3. The molecule has 0 aliphatic rings. The van der Waals surface area contributed by atoms with E-state index < -0.39 is 0 Å². The Balaban J connectivity index is 1.52. The molecule has 0 spiro atoms. The molecule has 0 radical (unpaired) electrons. The van der Waals surface area contributed by atoms with Crippen LogP contribution in [0.5, 0.6) is 5.75 Å². The lowest BCUT2D eigenvalue weighted by Gasteiger charge is -2.09. The highest BCUT2D eigenvalue weighted by molar-refractivity contribution is 6.04. The number of rotatable bonds is 7. The maximum absolute atomic E-state index is 13.6. The number of anilines is 2. The fourth-order valence-electron chi connectivity index (χ4n) is 2.66. The third-order valence-corrected chi connectivity index (χ3v) is 4.18. The molecule has 3 aromatic rings. The summed E-state index contributed by atoms with van der Waals surface area (Å²) in [6.07, 6.45) is 0.600. The zero-order chi connectivity index (χ0) is 19.1. The molecule has 1 amide bonds. The molecule has 0 unspecified atom stereocenters. The van der Waals surface area contributed by atoms with Crippen molar-refractivity contribution >= 4 is 17.3 Å². The second-order valence-electron chi connectivity index (χ2n) is 6.03. The van der Waals surface area contributed by atoms with Crippen molar-refractivity contribution in [3.8, 4) is 5.75 Å². The summed E-state index contributed by atoms with van der Waals surface area (Å²) in [4.78, 5) is 12.3. The van der Waals surface area contributed by atoms with Gasteiger partial charge in [-0.1, -0.05) is 18.2 Å². The molecule has 0 fully saturated rings. The summed E-state index contributed by atoms with van der Waals surface area (Å²) in [6, 6.07) is 21.1. The number of hydrogen-bond acceptors (Lipinski definition) is 3. The van der Waals surface area contributed by atoms with Crippen LogP contribution >= 0.6 is 0 Å². The number of nitrogens with one attached hydrogen (secondary N) is 2. The number of carbonyl (C=O) groups is 1. The molecule has 0 atom stereocenters. The molecule has 138 valence electrons. The second kappa shape index (κ2) is 8.85. The van der Waals surface area contributed by atoms with Gasteiger partial charge in [-0.2, -0.15) is 0 Å². The molecule has 0 bridgehead atoms. The lowest BCUT2D eigenvalue weighted by Crippen LogP contribution is -2.12. The highest BCUT2D eigenvalue weighted by atomic mass is 19.1. The first kappa shape index (κ1) is 18.5. The van der Waals surface area contributed by atoms with E-state index in [1.54, 1.807) is 43.5 Å². The van der Waals surface area contributed by atoms with Crippen molar-refractivity contribution in [1.29, 1.82) is 0 Å². The molecule has 0 saturated heterocycles. The lowest BCUT2D eigenvalue weighted by atomic mass is 10.1. The number of carbonyl (C=O) groups excluding carboxylic acids is 1. The number of methoxy groups -OCH3 is 1. The van der Waals surface area contributed by atoms with E-state index in [4.69, 9.17) is 4.74 Å². The average Bonchev–Trinajstić information content (AvgIpc) is 2.71. The van der Waals surface area contributed by atoms with Crippen molar-refractivity contribution in [3.63, 3.8) is 0 Å². The molecular formula is C22H21FN2O2. The van der Waals surface area contributed by atoms with Crippen LogP contribution in [0.2, 0.25) is 0 Å². The SMILES string of the molecule is COc1ccc(C(=O)Nc2ccc(NCCc3ccccc3F)cc2)cc1. The van der Waals surface area contributed by atoms with Gasteiger partial charge >= 0.3 is 0 Å². The first-order chi connectivity index (χ1) is 13.2. The third kappa shape index (κ3) is 5.07. The Kier molecular flexibility index (Phi) is 6.05. The number of amides is 1. The molecule has 0 saturated carbocycles. The minimum Gasteiger partial charge on any atom is -0.497 e. The van der Waals surface area contributed by atoms with Gasteiger partial charge in [-0.25, -0.2) is 4.39 Å². The van der Waals surface area contributed by atoms with Crippen LogP contribution in [-0.2, 0) is 6.42 Å². The molecule has 4 nitrogen and oxygen atoms in total. The molecule has 3 aromatic carbocycles. The predicted octanol–water partition coefficient (Wildman–Crippen LogP) is 4.74. The lowest BCUT2D eigenvalue weighted by molar-refractivity contribution is 0.102. The van der Waals surface area contributed by atoms with Gasteiger partial charge in [0, 0.05) is 23.5 Å². The van der Waals surface area contributed by atoms with Gasteiger partial charge in [0.05, 0.1) is 7.11 Å². The monoisotopic (exact) mass is 364 g/mol. The summed E-state index contributed by atoms with van der Waals surface area (Å²) < 4.78 is 18.7. The van der Waals surface area contributed by atoms with Crippen molar-refractivity contribution in [1.82, 2.24) is 0 Å². The van der Waals surface area contributed by atoms with Crippen molar-refractivity contribution < 1.29 is 13.9 Å². The van der Waals surface area contributed by atoms with E-state index >= 15 is 0 Å². The molecule has 5 heteroatoms. The van der Waals surface area contributed by atoms with E-state index in [1.807, 2.05) is 30.3 Å². The standard InChI is InChI=1S/C22H21FN2O2/c1-27-20-12-6-17(7-13-20)22(26)25-19-10-8-18(9-11-19)24-15-14-16-4-2-3-5-21(16)23/h2-13,24H,14-15H2,1H3,(H,25,26). The van der Waals surface area contributed by atoms with E-state index in [2.05, 4.69) is 10.6 Å². The molecule has 0 aliphatic carbocycles. The zero-order valence-corrected chi connectivity index (χ0v) is 15.0. The van der Waals surface area contributed by atoms with E-state index in [9.17, 15) is 9.18 Å². The molecule has 27 heavy (non-hydrogen) atoms. The van der Waals surface area contributed by atoms with Crippen molar-refractivity contribution in [3.05, 3.63) is 89.7 Å². The van der Waals surface area contributed by atoms with E-state index in [0.717, 1.165) is 5.69 Å². The highest BCUT2D eigenvalue weighted by Gasteiger charge is 2.06. The highest BCUT2D eigenvalue weighted by Crippen LogP contribution is 2.17. The van der Waals surface area contributed by atoms with E-state index in [0.29, 0.717) is 35.5 Å². The summed E-state index contributed by atoms with van der Waals surface area (Å²) in [6.45, 7) is 0.623. The molecule has 3 rings (SSSR count). The van der Waals surface area contributed by atoms with Gasteiger partial charge in [0.15, 0.2) is 0 Å². The van der Waals surface area contributed by atoms with Gasteiger partial charge in [-0.3, -0.25) is 4.79 Å². The van der Waals surface area contributed by atoms with Crippen LogP contribution in [0.1, 0.15) is 15.9 Å². The first-order valence-electron chi connectivity index (χ1n) is 8.68. The summed E-state index contributed by atoms with van der Waals surface area (Å²) in [5.74, 6) is 0.339. The Hall–Kier alpha value is -3.34. The average molecular weight is 364 g/mol. The van der Waals surface area contributed by atoms with Gasteiger partial charge in [0.25, 0.3) is 5.91 Å². The Morgan fingerprint density at radius 2 is 1.59 bits per heavy atom. The molecule has 2 N–H and O–H groups in total. The van der Waals surface area contributed by atoms with Crippen LogP contribution in [0.4, 0.5) is 15.8 Å². The maximum Gasteiger partial charge on any atom is 0.255 e. The Bertz CT molecular complexity index is 893. The van der Waals surface area contributed by atoms with Gasteiger partial charge in [0.2, 0.25) is 0 Å². The van der Waals surface area contributed by atoms with Crippen LogP contribution in [0.15, 0.2) is 72.8 Å². The van der Waals surface area contributed by atoms with E-state index in [-0.39, 0.29) is 11.7 Å². The third-order valence-electron chi connectivity index (χ3n) is 4.18. The molecule has 0 aliphatic heterocycles. The molecule has 0 heterocycles. The minimum atomic E-state index is -0.184. The molecule has 0 aromatic heterocycles. The first-order valence-corrected chi connectivity index (χ1v) is 8.68. The Labute approximate surface area is 158 Å². The minimum absolute atomic E-state index is 0.182. The summed E-state index contributed by atoms with van der Waals surface area (Å²) in [5, 5.41) is 6.11. The second-order valence-corrected chi connectivity index (χ2v) is 6.03. The van der Waals surface area contributed by atoms with Gasteiger partial charge in [0.1, 0.15) is 11.6 Å². The van der Waals surface area contributed by atoms with Crippen LogP contribution in [0.25, 0.3) is 0 Å². The fraction of sp³-hybridized carbons (Fsp3) is 0.136. The summed E-state index contributed by atoms with van der Waals surface area (Å²) >= 11 is 0. The fourth-order valence-corrected chi connectivity index (χ4v) is 2.66. The predicted molar refractivity (Wildman–Crippen MR) is 106 cm³/mol. The van der Waals surface area contributed by atoms with Crippen LogP contribution in [0, 0.1) is 5.82 Å². The van der Waals surface area contributed by atoms with Gasteiger partial charge in [-0.05, 0) is 66.6 Å². The Morgan fingerprint density at radius 3 is 2.26 bits per heavy atom. The van der Waals surface area contributed by atoms with Gasteiger partial charge < -0.3 is 15.4 Å². The smallest absolute Gasteiger partial charge is 0.255 e. The molecular weight excluding hydrogens is 343 g/mol. The van der Waals surface area contributed by atoms with Crippen LogP contribution in [0.3, 0.4) is 0 Å². The zero-order valence-electron chi connectivity index (χ0n) is 15.0. The number of ether oxygens (including phenoxy) is 1. The topological polar surface area (TPSA) is 50.4 Å². The normalized spacial score (nSPS) is 10.3. The maximum atomic E-state index is 13.6. The van der Waals surface area contributed by atoms with Crippen molar-refractivity contribution in [2.75, 3.05) is 24.3 Å². The van der Waals surface area contributed by atoms with Crippen molar-refractivity contribution in [2.24, 2.45) is 0 Å². The summed E-state index contributed by atoms with van der Waals surface area (Å²) in [5.41, 5.74) is 2.86. The quantitative estimate of drug-likeness (QED) is 0.637. The van der Waals surface area contributed by atoms with Crippen LogP contribution in [-0.4, -0.2) is 19.6 Å². The van der Waals surface area contributed by atoms with Crippen molar-refractivity contribution in [2.45, 2.75) is 6.42 Å². The van der Waals surface area contributed by atoms with E-state index in [1.165, 1.54) is 6.07 Å². The number of hydrogen-bond donors (Lipinski definition) is 2. The van der Waals surface area contributed by atoms with Crippen LogP contribution < -0.4 is 15.4 Å². The Morgan fingerprint density at radius 1 is 0.926 bits per heavy atom. The van der Waals surface area contributed by atoms with Gasteiger partial charge in [-0.15, -0.1) is 0 Å². The number of halogens is 1. The summed E-state index contributed by atoms with van der Waals surface area (Å²) in [7, 11) is 1.58. The largest absolute Gasteiger partial charge is 0.497 e.